The number of benzene rings is 1. The average molecular weight is 360 g/mol. The first-order valence-corrected chi connectivity index (χ1v) is 8.15. The molecule has 0 spiro atoms. The fraction of sp³-hybridized carbons (Fsp3) is 0.333. The van der Waals surface area contributed by atoms with Crippen LogP contribution in [0.4, 0.5) is 13.2 Å². The Bertz CT molecular complexity index is 913. The van der Waals surface area contributed by atoms with Crippen molar-refractivity contribution in [2.24, 2.45) is 0 Å². The number of aromatic nitrogens is 4. The molecule has 4 rings (SSSR count). The van der Waals surface area contributed by atoms with Gasteiger partial charge in [-0.1, -0.05) is 29.8 Å². The highest BCUT2D eigenvalue weighted by molar-refractivity contribution is 5.49. The van der Waals surface area contributed by atoms with E-state index in [1.165, 1.54) is 23.5 Å². The summed E-state index contributed by atoms with van der Waals surface area (Å²) in [6.07, 6.45) is 0.994. The van der Waals surface area contributed by atoms with Gasteiger partial charge in [0.15, 0.2) is 0 Å². The van der Waals surface area contributed by atoms with Crippen molar-refractivity contribution >= 4 is 0 Å². The number of rotatable bonds is 4. The van der Waals surface area contributed by atoms with E-state index >= 15 is 0 Å². The third kappa shape index (κ3) is 3.18. The lowest BCUT2D eigenvalue weighted by atomic mass is 9.91. The molecular weight excluding hydrogens is 345 g/mol. The van der Waals surface area contributed by atoms with Crippen molar-refractivity contribution in [3.05, 3.63) is 59.5 Å². The molecule has 8 heteroatoms. The molecule has 0 bridgehead atoms. The van der Waals surface area contributed by atoms with Crippen LogP contribution in [-0.2, 0) is 18.0 Å². The van der Waals surface area contributed by atoms with Crippen LogP contribution in [0.1, 0.15) is 35.7 Å². The molecule has 2 aromatic heterocycles. The van der Waals surface area contributed by atoms with Crippen LogP contribution in [0.5, 0.6) is 0 Å². The number of halogens is 3. The quantitative estimate of drug-likeness (QED) is 0.700. The molecule has 1 saturated carbocycles. The summed E-state index contributed by atoms with van der Waals surface area (Å²) in [6, 6.07) is 8.45. The van der Waals surface area contributed by atoms with Gasteiger partial charge in [0.1, 0.15) is 5.82 Å². The lowest BCUT2D eigenvalue weighted by Gasteiger charge is -2.15. The minimum atomic E-state index is -4.67. The number of alkyl halides is 3. The van der Waals surface area contributed by atoms with E-state index in [1.54, 1.807) is 0 Å². The smallest absolute Gasteiger partial charge is 0.413 e. The second kappa shape index (κ2) is 5.89. The number of aryl methyl sites for hydroxylation is 1. The maximum absolute atomic E-state index is 12.5. The maximum Gasteiger partial charge on any atom is 0.470 e. The number of hydrogen-bond donors (Lipinski definition) is 0. The monoisotopic (exact) mass is 360 g/mol. The second-order valence-corrected chi connectivity index (χ2v) is 6.62. The molecule has 0 unspecified atom stereocenters. The Labute approximate surface area is 147 Å². The summed E-state index contributed by atoms with van der Waals surface area (Å²) in [6.45, 7) is 2.05. The largest absolute Gasteiger partial charge is 0.470 e. The van der Waals surface area contributed by atoms with Gasteiger partial charge in [-0.3, -0.25) is 0 Å². The third-order valence-corrected chi connectivity index (χ3v) is 4.63. The summed E-state index contributed by atoms with van der Waals surface area (Å²) in [4.78, 5) is 8.55. The Hall–Kier alpha value is -2.77. The first kappa shape index (κ1) is 16.7. The van der Waals surface area contributed by atoms with E-state index in [1.807, 2.05) is 6.92 Å². The van der Waals surface area contributed by atoms with Crippen molar-refractivity contribution in [2.45, 2.75) is 37.8 Å². The van der Waals surface area contributed by atoms with Gasteiger partial charge in [-0.15, -0.1) is 10.2 Å². The van der Waals surface area contributed by atoms with Gasteiger partial charge in [-0.2, -0.15) is 13.2 Å². The summed E-state index contributed by atoms with van der Waals surface area (Å²) in [7, 11) is 0. The Balaban J connectivity index is 1.51. The Morgan fingerprint density at radius 2 is 1.69 bits per heavy atom. The molecule has 5 nitrogen and oxygen atoms in total. The van der Waals surface area contributed by atoms with Crippen LogP contribution in [-0.4, -0.2) is 20.2 Å². The maximum atomic E-state index is 12.5. The lowest BCUT2D eigenvalue weighted by molar-refractivity contribution is -0.156. The van der Waals surface area contributed by atoms with Crippen LogP contribution in [0, 0.1) is 6.92 Å². The summed E-state index contributed by atoms with van der Waals surface area (Å²) in [5.41, 5.74) is 2.80. The molecule has 0 saturated heterocycles. The molecule has 0 atom stereocenters. The van der Waals surface area contributed by atoms with Gasteiger partial charge in [-0.05, 0) is 25.3 Å². The van der Waals surface area contributed by atoms with E-state index in [0.717, 1.165) is 12.8 Å². The van der Waals surface area contributed by atoms with Crippen molar-refractivity contribution in [1.29, 1.82) is 0 Å². The molecule has 1 aliphatic rings. The van der Waals surface area contributed by atoms with Crippen molar-refractivity contribution in [3.63, 3.8) is 0 Å². The first-order chi connectivity index (χ1) is 12.4. The minimum absolute atomic E-state index is 0.0587. The zero-order valence-electron chi connectivity index (χ0n) is 13.9. The van der Waals surface area contributed by atoms with Gasteiger partial charge >= 0.3 is 12.1 Å². The predicted molar refractivity (Wildman–Crippen MR) is 86.1 cm³/mol. The highest BCUT2D eigenvalue weighted by Crippen LogP contribution is 2.50. The Morgan fingerprint density at radius 1 is 1.04 bits per heavy atom. The fourth-order valence-electron chi connectivity index (χ4n) is 2.94. The van der Waals surface area contributed by atoms with Crippen LogP contribution in [0.3, 0.4) is 0 Å². The highest BCUT2D eigenvalue weighted by atomic mass is 19.4. The molecule has 3 aromatic rings. The average Bonchev–Trinajstić information content (AvgIpc) is 3.19. The van der Waals surface area contributed by atoms with Crippen molar-refractivity contribution in [3.8, 4) is 11.5 Å². The first-order valence-electron chi connectivity index (χ1n) is 8.15. The van der Waals surface area contributed by atoms with Gasteiger partial charge in [0.2, 0.25) is 0 Å². The molecule has 0 amide bonds. The van der Waals surface area contributed by atoms with Crippen LogP contribution in [0.25, 0.3) is 11.5 Å². The number of nitrogens with zero attached hydrogens (tertiary/aromatic N) is 4. The molecular formula is C18H15F3N4O. The van der Waals surface area contributed by atoms with E-state index in [9.17, 15) is 13.2 Å². The van der Waals surface area contributed by atoms with E-state index in [2.05, 4.69) is 48.8 Å². The Kier molecular flexibility index (Phi) is 3.78. The summed E-state index contributed by atoms with van der Waals surface area (Å²) < 4.78 is 42.2. The van der Waals surface area contributed by atoms with Crippen LogP contribution in [0.2, 0.25) is 0 Å². The molecule has 2 heterocycles. The normalized spacial score (nSPS) is 15.8. The van der Waals surface area contributed by atoms with Crippen LogP contribution in [0.15, 0.2) is 41.1 Å². The summed E-state index contributed by atoms with van der Waals surface area (Å²) >= 11 is 0. The fourth-order valence-corrected chi connectivity index (χ4v) is 2.94. The summed E-state index contributed by atoms with van der Waals surface area (Å²) in [5.74, 6) is -0.987. The molecule has 0 N–H and O–H groups in total. The van der Waals surface area contributed by atoms with Crippen molar-refractivity contribution < 1.29 is 17.6 Å². The predicted octanol–water partition coefficient (Wildman–Crippen LogP) is 4.13. The van der Waals surface area contributed by atoms with E-state index in [4.69, 9.17) is 0 Å². The van der Waals surface area contributed by atoms with Crippen molar-refractivity contribution in [1.82, 2.24) is 20.2 Å². The molecule has 1 aromatic carbocycles. The van der Waals surface area contributed by atoms with Crippen molar-refractivity contribution in [2.75, 3.05) is 0 Å². The van der Waals surface area contributed by atoms with Gasteiger partial charge in [0, 0.05) is 24.2 Å². The topological polar surface area (TPSA) is 64.7 Å². The van der Waals surface area contributed by atoms with Crippen LogP contribution < -0.4 is 0 Å². The molecule has 134 valence electrons. The van der Waals surface area contributed by atoms with Gasteiger partial charge in [0.05, 0.1) is 5.56 Å². The number of hydrogen-bond acceptors (Lipinski definition) is 5. The van der Waals surface area contributed by atoms with E-state index in [0.29, 0.717) is 12.2 Å². The molecule has 1 aliphatic carbocycles. The zero-order chi connectivity index (χ0) is 18.4. The molecule has 1 fully saturated rings. The molecule has 0 aliphatic heterocycles. The Morgan fingerprint density at radius 3 is 2.23 bits per heavy atom. The zero-order valence-corrected chi connectivity index (χ0v) is 13.9. The van der Waals surface area contributed by atoms with E-state index < -0.39 is 12.1 Å². The molecule has 26 heavy (non-hydrogen) atoms. The minimum Gasteiger partial charge on any atom is -0.413 e. The SMILES string of the molecule is Cc1ccc(C2(Cc3ncc(-c4nnc(C(F)(F)F)o4)cn3)CC2)cc1. The van der Waals surface area contributed by atoms with Gasteiger partial charge in [0.25, 0.3) is 5.89 Å². The standard InChI is InChI=1S/C18H15F3N4O/c1-11-2-4-13(5-3-11)17(6-7-17)8-14-22-9-12(10-23-14)15-24-25-16(26-15)18(19,20)21/h2-5,9-10H,6-8H2,1H3. The van der Waals surface area contributed by atoms with Gasteiger partial charge in [-0.25, -0.2) is 9.97 Å². The van der Waals surface area contributed by atoms with Crippen LogP contribution >= 0.6 is 0 Å². The van der Waals surface area contributed by atoms with E-state index in [-0.39, 0.29) is 16.9 Å². The molecule has 0 radical (unpaired) electrons. The van der Waals surface area contributed by atoms with Gasteiger partial charge < -0.3 is 4.42 Å². The lowest BCUT2D eigenvalue weighted by Crippen LogP contribution is -2.13. The third-order valence-electron chi connectivity index (χ3n) is 4.63. The summed E-state index contributed by atoms with van der Waals surface area (Å²) in [5, 5.41) is 6.41. The highest BCUT2D eigenvalue weighted by Gasteiger charge is 2.44. The second-order valence-electron chi connectivity index (χ2n) is 6.62.